The van der Waals surface area contributed by atoms with E-state index in [1.54, 1.807) is 6.07 Å². The third-order valence-electron chi connectivity index (χ3n) is 3.86. The third kappa shape index (κ3) is 4.83. The Morgan fingerprint density at radius 1 is 1.29 bits per heavy atom. The van der Waals surface area contributed by atoms with Gasteiger partial charge in [-0.25, -0.2) is 17.9 Å². The van der Waals surface area contributed by atoms with Gasteiger partial charge in [-0.15, -0.1) is 0 Å². The minimum absolute atomic E-state index is 0.0271. The van der Waals surface area contributed by atoms with Crippen molar-refractivity contribution in [3.8, 4) is 5.75 Å². The van der Waals surface area contributed by atoms with Crippen molar-refractivity contribution >= 4 is 21.6 Å². The van der Waals surface area contributed by atoms with Crippen molar-refractivity contribution in [2.45, 2.75) is 32.1 Å². The summed E-state index contributed by atoms with van der Waals surface area (Å²) in [6.45, 7) is 0.213. The fourth-order valence-corrected chi connectivity index (χ4v) is 4.21. The van der Waals surface area contributed by atoms with Gasteiger partial charge in [-0.2, -0.15) is 0 Å². The highest BCUT2D eigenvalue weighted by Gasteiger charge is 2.36. The first kappa shape index (κ1) is 16.5. The van der Waals surface area contributed by atoms with Crippen LogP contribution in [0.25, 0.3) is 0 Å². The van der Waals surface area contributed by atoms with Gasteiger partial charge in [0.2, 0.25) is 10.0 Å². The zero-order chi connectivity index (χ0) is 15.5. The smallest absolute Gasteiger partial charge is 0.209 e. The number of nitrogens with two attached hydrogens (primary N) is 1. The van der Waals surface area contributed by atoms with E-state index in [1.165, 1.54) is 12.1 Å². The van der Waals surface area contributed by atoms with Gasteiger partial charge in [-0.05, 0) is 25.0 Å². The van der Waals surface area contributed by atoms with Gasteiger partial charge in [0.15, 0.2) is 0 Å². The fraction of sp³-hybridized carbons (Fsp3) is 0.571. The Bertz CT molecular complexity index is 600. The molecule has 21 heavy (non-hydrogen) atoms. The van der Waals surface area contributed by atoms with Crippen LogP contribution < -0.4 is 9.88 Å². The molecule has 0 atom stereocenters. The van der Waals surface area contributed by atoms with Gasteiger partial charge in [0.1, 0.15) is 11.6 Å². The molecule has 118 valence electrons. The molecule has 1 aliphatic rings. The number of hydrogen-bond acceptors (Lipinski definition) is 3. The SMILES string of the molecule is NS(=O)(=O)CC1(COc2ccc(Cl)c(F)c2)CCCCC1. The van der Waals surface area contributed by atoms with Gasteiger partial charge in [0, 0.05) is 11.5 Å². The highest BCUT2D eigenvalue weighted by atomic mass is 35.5. The Hall–Kier alpha value is -0.850. The molecule has 0 radical (unpaired) electrons. The Kier molecular flexibility index (Phi) is 5.11. The summed E-state index contributed by atoms with van der Waals surface area (Å²) >= 11 is 5.62. The summed E-state index contributed by atoms with van der Waals surface area (Å²) in [5.41, 5.74) is -0.484. The standard InChI is InChI=1S/C14H19ClFNO3S/c15-12-5-4-11(8-13(12)16)20-9-14(10-21(17,18)19)6-2-1-3-7-14/h4-5,8H,1-3,6-7,9-10H2,(H2,17,18,19). The molecule has 2 N–H and O–H groups in total. The van der Waals surface area contributed by atoms with Crippen molar-refractivity contribution < 1.29 is 17.5 Å². The van der Waals surface area contributed by atoms with Crippen LogP contribution >= 0.6 is 11.6 Å². The average Bonchev–Trinajstić information content (AvgIpc) is 2.39. The van der Waals surface area contributed by atoms with Crippen LogP contribution in [0.4, 0.5) is 4.39 Å². The fourth-order valence-electron chi connectivity index (χ4n) is 2.86. The second-order valence-corrected chi connectivity index (χ2v) is 7.75. The molecule has 7 heteroatoms. The molecular weight excluding hydrogens is 317 g/mol. The maximum absolute atomic E-state index is 13.4. The number of ether oxygens (including phenoxy) is 1. The lowest BCUT2D eigenvalue weighted by Crippen LogP contribution is -2.40. The van der Waals surface area contributed by atoms with E-state index >= 15 is 0 Å². The molecule has 0 spiro atoms. The van der Waals surface area contributed by atoms with Crippen molar-refractivity contribution in [1.29, 1.82) is 0 Å². The molecule has 1 aromatic carbocycles. The monoisotopic (exact) mass is 335 g/mol. The lowest BCUT2D eigenvalue weighted by atomic mass is 9.76. The molecule has 0 saturated heterocycles. The van der Waals surface area contributed by atoms with Crippen molar-refractivity contribution in [3.63, 3.8) is 0 Å². The maximum atomic E-state index is 13.4. The number of sulfonamides is 1. The van der Waals surface area contributed by atoms with E-state index in [0.29, 0.717) is 5.75 Å². The van der Waals surface area contributed by atoms with Crippen molar-refractivity contribution in [2.24, 2.45) is 10.6 Å². The van der Waals surface area contributed by atoms with Crippen LogP contribution in [0.3, 0.4) is 0 Å². The van der Waals surface area contributed by atoms with E-state index < -0.39 is 21.3 Å². The normalized spacial score (nSPS) is 18.4. The first-order valence-corrected chi connectivity index (χ1v) is 8.97. The van der Waals surface area contributed by atoms with Gasteiger partial charge < -0.3 is 4.74 Å². The van der Waals surface area contributed by atoms with Gasteiger partial charge in [0.05, 0.1) is 17.4 Å². The second kappa shape index (κ2) is 6.50. The predicted octanol–water partition coefficient (Wildman–Crippen LogP) is 3.10. The third-order valence-corrected chi connectivity index (χ3v) is 5.18. The van der Waals surface area contributed by atoms with Crippen molar-refractivity contribution in [3.05, 3.63) is 29.0 Å². The largest absolute Gasteiger partial charge is 0.493 e. The van der Waals surface area contributed by atoms with Crippen LogP contribution in [-0.2, 0) is 10.0 Å². The zero-order valence-corrected chi connectivity index (χ0v) is 13.2. The lowest BCUT2D eigenvalue weighted by Gasteiger charge is -2.36. The molecule has 1 saturated carbocycles. The molecule has 1 aliphatic carbocycles. The van der Waals surface area contributed by atoms with Gasteiger partial charge in [0.25, 0.3) is 0 Å². The molecule has 0 heterocycles. The van der Waals surface area contributed by atoms with E-state index in [-0.39, 0.29) is 17.4 Å². The summed E-state index contributed by atoms with van der Waals surface area (Å²) in [6.07, 6.45) is 4.49. The van der Waals surface area contributed by atoms with E-state index in [4.69, 9.17) is 21.5 Å². The van der Waals surface area contributed by atoms with Crippen LogP contribution in [0, 0.1) is 11.2 Å². The Morgan fingerprint density at radius 2 is 1.95 bits per heavy atom. The first-order chi connectivity index (χ1) is 9.80. The summed E-state index contributed by atoms with van der Waals surface area (Å²) < 4.78 is 41.9. The summed E-state index contributed by atoms with van der Waals surface area (Å²) in [5.74, 6) is -0.314. The molecule has 0 aromatic heterocycles. The van der Waals surface area contributed by atoms with Crippen LogP contribution in [0.5, 0.6) is 5.75 Å². The first-order valence-electron chi connectivity index (χ1n) is 6.88. The van der Waals surface area contributed by atoms with E-state index in [0.717, 1.165) is 32.1 Å². The second-order valence-electron chi connectivity index (χ2n) is 5.73. The topological polar surface area (TPSA) is 69.4 Å². The number of primary sulfonamides is 1. The molecule has 1 fully saturated rings. The highest BCUT2D eigenvalue weighted by molar-refractivity contribution is 7.89. The zero-order valence-electron chi connectivity index (χ0n) is 11.6. The molecule has 4 nitrogen and oxygen atoms in total. The molecule has 0 amide bonds. The number of benzene rings is 1. The van der Waals surface area contributed by atoms with E-state index in [2.05, 4.69) is 0 Å². The summed E-state index contributed by atoms with van der Waals surface area (Å²) in [4.78, 5) is 0. The van der Waals surface area contributed by atoms with Crippen molar-refractivity contribution in [1.82, 2.24) is 0 Å². The summed E-state index contributed by atoms with van der Waals surface area (Å²) in [5, 5.41) is 5.23. The van der Waals surface area contributed by atoms with Crippen LogP contribution in [0.2, 0.25) is 5.02 Å². The van der Waals surface area contributed by atoms with E-state index in [1.807, 2.05) is 0 Å². The number of rotatable bonds is 5. The quantitative estimate of drug-likeness (QED) is 0.898. The lowest BCUT2D eigenvalue weighted by molar-refractivity contribution is 0.118. The van der Waals surface area contributed by atoms with Gasteiger partial charge in [-0.3, -0.25) is 0 Å². The minimum Gasteiger partial charge on any atom is -0.493 e. The van der Waals surface area contributed by atoms with Crippen molar-refractivity contribution in [2.75, 3.05) is 12.4 Å². The molecule has 0 bridgehead atoms. The Morgan fingerprint density at radius 3 is 2.52 bits per heavy atom. The molecule has 2 rings (SSSR count). The van der Waals surface area contributed by atoms with Gasteiger partial charge in [-0.1, -0.05) is 30.9 Å². The molecule has 0 aliphatic heterocycles. The average molecular weight is 336 g/mol. The van der Waals surface area contributed by atoms with Crippen LogP contribution in [0.1, 0.15) is 32.1 Å². The summed E-state index contributed by atoms with van der Waals surface area (Å²) in [6, 6.07) is 4.19. The molecule has 1 aromatic rings. The predicted molar refractivity (Wildman–Crippen MR) is 80.4 cm³/mol. The molecular formula is C14H19ClFNO3S. The van der Waals surface area contributed by atoms with Crippen LogP contribution in [0.15, 0.2) is 18.2 Å². The van der Waals surface area contributed by atoms with Gasteiger partial charge >= 0.3 is 0 Å². The van der Waals surface area contributed by atoms with E-state index in [9.17, 15) is 12.8 Å². The summed E-state index contributed by atoms with van der Waals surface area (Å²) in [7, 11) is -3.58. The maximum Gasteiger partial charge on any atom is 0.209 e. The number of hydrogen-bond donors (Lipinski definition) is 1. The number of halogens is 2. The Balaban J connectivity index is 2.10. The molecule has 0 unspecified atom stereocenters. The highest BCUT2D eigenvalue weighted by Crippen LogP contribution is 2.38. The Labute approximate surface area is 129 Å². The minimum atomic E-state index is -3.58. The van der Waals surface area contributed by atoms with Crippen LogP contribution in [-0.4, -0.2) is 20.8 Å².